The Labute approximate surface area is 136 Å². The summed E-state index contributed by atoms with van der Waals surface area (Å²) in [4.78, 5) is 17.6. The maximum Gasteiger partial charge on any atom is 0.194 e. The molecule has 0 radical (unpaired) electrons. The highest BCUT2D eigenvalue weighted by Crippen LogP contribution is 2.40. The number of fused-ring (bicyclic) bond motifs is 4. The molecule has 23 heavy (non-hydrogen) atoms. The van der Waals surface area contributed by atoms with Gasteiger partial charge in [-0.1, -0.05) is 30.3 Å². The molecule has 0 spiro atoms. The predicted molar refractivity (Wildman–Crippen MR) is 92.0 cm³/mol. The minimum absolute atomic E-state index is 0.177. The molecule has 2 unspecified atom stereocenters. The summed E-state index contributed by atoms with van der Waals surface area (Å²) in [5.41, 5.74) is 5.10. The van der Waals surface area contributed by atoms with E-state index in [2.05, 4.69) is 41.1 Å². The molecule has 3 heteroatoms. The first-order chi connectivity index (χ1) is 11.2. The van der Waals surface area contributed by atoms with Crippen molar-refractivity contribution in [3.8, 4) is 11.1 Å². The van der Waals surface area contributed by atoms with Crippen LogP contribution in [0.15, 0.2) is 42.5 Å². The van der Waals surface area contributed by atoms with Crippen LogP contribution in [0.3, 0.4) is 0 Å². The average molecular weight is 304 g/mol. The molecule has 116 valence electrons. The van der Waals surface area contributed by atoms with Crippen LogP contribution in [0.1, 0.15) is 15.9 Å². The summed E-state index contributed by atoms with van der Waals surface area (Å²) in [6.45, 7) is 4.65. The second-order valence-corrected chi connectivity index (χ2v) is 7.25. The Morgan fingerprint density at radius 1 is 0.826 bits per heavy atom. The Morgan fingerprint density at radius 3 is 2.22 bits per heavy atom. The summed E-state index contributed by atoms with van der Waals surface area (Å²) < 4.78 is 0. The van der Waals surface area contributed by atoms with E-state index >= 15 is 0 Å². The van der Waals surface area contributed by atoms with E-state index < -0.39 is 0 Å². The van der Waals surface area contributed by atoms with Gasteiger partial charge in [0.05, 0.1) is 0 Å². The molecule has 0 saturated carbocycles. The second kappa shape index (κ2) is 4.68. The van der Waals surface area contributed by atoms with E-state index in [1.54, 1.807) is 0 Å². The Balaban J connectivity index is 1.48. The summed E-state index contributed by atoms with van der Waals surface area (Å²) in [6.07, 6.45) is 0. The lowest BCUT2D eigenvalue weighted by Gasteiger charge is -2.22. The summed E-state index contributed by atoms with van der Waals surface area (Å²) in [7, 11) is 2.22. The van der Waals surface area contributed by atoms with Crippen molar-refractivity contribution in [1.82, 2.24) is 4.90 Å². The van der Waals surface area contributed by atoms with Crippen LogP contribution in [0.5, 0.6) is 0 Å². The van der Waals surface area contributed by atoms with Crippen molar-refractivity contribution in [1.29, 1.82) is 0 Å². The number of carbonyl (C=O) groups excluding carboxylic acids is 1. The van der Waals surface area contributed by atoms with Crippen LogP contribution in [0.4, 0.5) is 5.69 Å². The summed E-state index contributed by atoms with van der Waals surface area (Å²) in [5, 5.41) is 0. The van der Waals surface area contributed by atoms with E-state index in [1.165, 1.54) is 18.8 Å². The molecular weight excluding hydrogens is 284 g/mol. The van der Waals surface area contributed by atoms with Gasteiger partial charge in [0.15, 0.2) is 5.78 Å². The third-order valence-corrected chi connectivity index (χ3v) is 5.74. The molecule has 2 aromatic rings. The fourth-order valence-electron chi connectivity index (χ4n) is 4.65. The highest BCUT2D eigenvalue weighted by atomic mass is 16.1. The normalized spacial score (nSPS) is 25.6. The van der Waals surface area contributed by atoms with Crippen LogP contribution in [-0.4, -0.2) is 43.9 Å². The quantitative estimate of drug-likeness (QED) is 0.690. The van der Waals surface area contributed by atoms with Crippen LogP contribution >= 0.6 is 0 Å². The fourth-order valence-corrected chi connectivity index (χ4v) is 4.65. The van der Waals surface area contributed by atoms with Crippen molar-refractivity contribution in [2.75, 3.05) is 38.1 Å². The number of nitrogens with zero attached hydrogens (tertiary/aromatic N) is 2. The first-order valence-corrected chi connectivity index (χ1v) is 8.42. The molecule has 1 aliphatic carbocycles. The molecular formula is C20H20N2O. The van der Waals surface area contributed by atoms with Gasteiger partial charge in [0.25, 0.3) is 0 Å². The number of rotatable bonds is 1. The van der Waals surface area contributed by atoms with E-state index in [1.807, 2.05) is 18.2 Å². The number of likely N-dealkylation sites (tertiary alicyclic amines) is 1. The van der Waals surface area contributed by atoms with Gasteiger partial charge in [0, 0.05) is 43.0 Å². The molecule has 0 amide bonds. The van der Waals surface area contributed by atoms with Crippen LogP contribution in [0.2, 0.25) is 0 Å². The Hall–Kier alpha value is -2.13. The summed E-state index contributed by atoms with van der Waals surface area (Å²) in [5.74, 6) is 1.74. The van der Waals surface area contributed by atoms with Crippen LogP contribution in [0, 0.1) is 11.8 Å². The Morgan fingerprint density at radius 2 is 1.48 bits per heavy atom. The highest BCUT2D eigenvalue weighted by Gasteiger charge is 2.39. The predicted octanol–water partition coefficient (Wildman–Crippen LogP) is 2.90. The zero-order chi connectivity index (χ0) is 15.6. The number of anilines is 1. The molecule has 2 aliphatic heterocycles. The van der Waals surface area contributed by atoms with Gasteiger partial charge in [-0.2, -0.15) is 0 Å². The number of ketones is 1. The van der Waals surface area contributed by atoms with Gasteiger partial charge in [-0.05, 0) is 42.1 Å². The van der Waals surface area contributed by atoms with Gasteiger partial charge in [0.1, 0.15) is 0 Å². The molecule has 2 fully saturated rings. The maximum absolute atomic E-state index is 12.7. The standard InChI is InChI=1S/C20H20N2O/c1-21-9-13-11-22(12-14(13)10-21)15-6-7-17-16-4-2-3-5-18(16)20(23)19(17)8-15/h2-8,13-14H,9-12H2,1H3. The first-order valence-electron chi connectivity index (χ1n) is 8.42. The van der Waals surface area contributed by atoms with Gasteiger partial charge < -0.3 is 9.80 Å². The molecule has 2 saturated heterocycles. The van der Waals surface area contributed by atoms with Crippen LogP contribution in [0.25, 0.3) is 11.1 Å². The number of carbonyl (C=O) groups is 1. The van der Waals surface area contributed by atoms with Crippen molar-refractivity contribution in [2.24, 2.45) is 11.8 Å². The third-order valence-electron chi connectivity index (χ3n) is 5.74. The van der Waals surface area contributed by atoms with Gasteiger partial charge in [-0.15, -0.1) is 0 Å². The zero-order valence-corrected chi connectivity index (χ0v) is 13.3. The minimum Gasteiger partial charge on any atom is -0.371 e. The average Bonchev–Trinajstić information content (AvgIpc) is 3.18. The SMILES string of the molecule is CN1CC2CN(c3ccc4c(c3)C(=O)c3ccccc3-4)CC2C1. The molecule has 3 aliphatic rings. The Kier molecular flexibility index (Phi) is 2.71. The second-order valence-electron chi connectivity index (χ2n) is 7.25. The maximum atomic E-state index is 12.7. The van der Waals surface area contributed by atoms with Crippen molar-refractivity contribution in [3.63, 3.8) is 0 Å². The van der Waals surface area contributed by atoms with E-state index in [4.69, 9.17) is 0 Å². The van der Waals surface area contributed by atoms with Gasteiger partial charge in [-0.3, -0.25) is 4.79 Å². The van der Waals surface area contributed by atoms with E-state index in [-0.39, 0.29) is 5.78 Å². The topological polar surface area (TPSA) is 23.6 Å². The molecule has 0 N–H and O–H groups in total. The zero-order valence-electron chi connectivity index (χ0n) is 13.3. The van der Waals surface area contributed by atoms with Gasteiger partial charge in [-0.25, -0.2) is 0 Å². The molecule has 0 bridgehead atoms. The minimum atomic E-state index is 0.177. The van der Waals surface area contributed by atoms with Crippen LogP contribution < -0.4 is 4.90 Å². The van der Waals surface area contributed by atoms with E-state index in [0.717, 1.165) is 47.2 Å². The largest absolute Gasteiger partial charge is 0.371 e. The number of hydrogen-bond donors (Lipinski definition) is 0. The lowest BCUT2D eigenvalue weighted by molar-refractivity contribution is 0.104. The number of hydrogen-bond acceptors (Lipinski definition) is 3. The van der Waals surface area contributed by atoms with Crippen molar-refractivity contribution in [3.05, 3.63) is 53.6 Å². The lowest BCUT2D eigenvalue weighted by Crippen LogP contribution is -2.26. The Bertz CT molecular complexity index is 799. The van der Waals surface area contributed by atoms with Crippen molar-refractivity contribution in [2.45, 2.75) is 0 Å². The molecule has 0 aromatic heterocycles. The number of benzene rings is 2. The molecule has 2 heterocycles. The van der Waals surface area contributed by atoms with E-state index in [0.29, 0.717) is 0 Å². The monoisotopic (exact) mass is 304 g/mol. The van der Waals surface area contributed by atoms with Crippen molar-refractivity contribution >= 4 is 11.5 Å². The third kappa shape index (κ3) is 1.89. The van der Waals surface area contributed by atoms with E-state index in [9.17, 15) is 4.79 Å². The lowest BCUT2D eigenvalue weighted by atomic mass is 10.0. The first kappa shape index (κ1) is 13.3. The summed E-state index contributed by atoms with van der Waals surface area (Å²) in [6, 6.07) is 14.4. The van der Waals surface area contributed by atoms with Gasteiger partial charge in [0.2, 0.25) is 0 Å². The fraction of sp³-hybridized carbons (Fsp3) is 0.350. The summed E-state index contributed by atoms with van der Waals surface area (Å²) >= 11 is 0. The smallest absolute Gasteiger partial charge is 0.194 e. The van der Waals surface area contributed by atoms with Crippen LogP contribution in [-0.2, 0) is 0 Å². The molecule has 5 rings (SSSR count). The molecule has 2 aromatic carbocycles. The molecule has 3 nitrogen and oxygen atoms in total. The van der Waals surface area contributed by atoms with Gasteiger partial charge >= 0.3 is 0 Å². The van der Waals surface area contributed by atoms with Crippen molar-refractivity contribution < 1.29 is 4.79 Å². The highest BCUT2D eigenvalue weighted by molar-refractivity contribution is 6.22. The molecule has 2 atom stereocenters.